The van der Waals surface area contributed by atoms with Crippen molar-refractivity contribution in [3.8, 4) is 5.75 Å². The fourth-order valence-electron chi connectivity index (χ4n) is 2.53. The molecule has 1 amide bonds. The zero-order chi connectivity index (χ0) is 14.5. The van der Waals surface area contributed by atoms with E-state index in [2.05, 4.69) is 6.58 Å². The highest BCUT2D eigenvalue weighted by Crippen LogP contribution is 2.23. The van der Waals surface area contributed by atoms with Crippen molar-refractivity contribution in [2.45, 2.75) is 12.8 Å². The molecule has 4 nitrogen and oxygen atoms in total. The van der Waals surface area contributed by atoms with Gasteiger partial charge in [0, 0.05) is 24.6 Å². The van der Waals surface area contributed by atoms with Crippen LogP contribution in [0.25, 0.3) is 0 Å². The summed E-state index contributed by atoms with van der Waals surface area (Å²) in [6.45, 7) is 4.67. The molecule has 0 radical (unpaired) electrons. The van der Waals surface area contributed by atoms with Gasteiger partial charge in [-0.05, 0) is 31.1 Å². The molecule has 0 N–H and O–H groups in total. The first-order chi connectivity index (χ1) is 9.65. The number of rotatable bonds is 4. The highest BCUT2D eigenvalue weighted by Gasteiger charge is 2.28. The molecule has 1 aromatic carbocycles. The molecular formula is C16H19NO3. The maximum Gasteiger partial charge on any atom is 0.245 e. The average Bonchev–Trinajstić information content (AvgIpc) is 2.53. The Hall–Kier alpha value is -2.10. The number of carbonyl (C=O) groups excluding carboxylic acids is 2. The van der Waals surface area contributed by atoms with Crippen molar-refractivity contribution in [3.05, 3.63) is 42.5 Å². The van der Waals surface area contributed by atoms with Crippen molar-refractivity contribution in [3.63, 3.8) is 0 Å². The average molecular weight is 273 g/mol. The third kappa shape index (κ3) is 3.07. The molecule has 2 rings (SSSR count). The highest BCUT2D eigenvalue weighted by molar-refractivity contribution is 5.99. The lowest BCUT2D eigenvalue weighted by Crippen LogP contribution is -2.41. The molecule has 4 heteroatoms. The Balaban J connectivity index is 2.11. The van der Waals surface area contributed by atoms with Crippen LogP contribution in [0.1, 0.15) is 23.2 Å². The van der Waals surface area contributed by atoms with Gasteiger partial charge in [-0.15, -0.1) is 0 Å². The molecule has 106 valence electrons. The second-order valence-corrected chi connectivity index (χ2v) is 4.92. The second-order valence-electron chi connectivity index (χ2n) is 4.92. The van der Waals surface area contributed by atoms with E-state index in [1.54, 1.807) is 24.1 Å². The Morgan fingerprint density at radius 3 is 2.95 bits per heavy atom. The van der Waals surface area contributed by atoms with Crippen molar-refractivity contribution in [1.82, 2.24) is 4.90 Å². The molecule has 1 saturated heterocycles. The molecule has 0 spiro atoms. The summed E-state index contributed by atoms with van der Waals surface area (Å²) in [5.41, 5.74) is 0.641. The predicted molar refractivity (Wildman–Crippen MR) is 76.8 cm³/mol. The molecular weight excluding hydrogens is 254 g/mol. The van der Waals surface area contributed by atoms with E-state index in [0.717, 1.165) is 12.8 Å². The summed E-state index contributed by atoms with van der Waals surface area (Å²) in [4.78, 5) is 25.8. The third-order valence-corrected chi connectivity index (χ3v) is 3.63. The van der Waals surface area contributed by atoms with Gasteiger partial charge in [0.25, 0.3) is 0 Å². The van der Waals surface area contributed by atoms with Crippen LogP contribution in [0.15, 0.2) is 36.9 Å². The SMILES string of the molecule is C=CC(=O)N1CCCC(C(=O)c2cccc(OC)c2)C1. The lowest BCUT2D eigenvalue weighted by molar-refractivity contribution is -0.127. The summed E-state index contributed by atoms with van der Waals surface area (Å²) in [6.07, 6.45) is 2.97. The zero-order valence-corrected chi connectivity index (χ0v) is 11.7. The van der Waals surface area contributed by atoms with Crippen LogP contribution in [0, 0.1) is 5.92 Å². The maximum absolute atomic E-state index is 12.5. The summed E-state index contributed by atoms with van der Waals surface area (Å²) in [5, 5.41) is 0. The van der Waals surface area contributed by atoms with E-state index in [1.165, 1.54) is 6.08 Å². The van der Waals surface area contributed by atoms with Gasteiger partial charge in [-0.2, -0.15) is 0 Å². The Morgan fingerprint density at radius 1 is 1.45 bits per heavy atom. The van der Waals surface area contributed by atoms with Crippen LogP contribution in [0.2, 0.25) is 0 Å². The summed E-state index contributed by atoms with van der Waals surface area (Å²) >= 11 is 0. The lowest BCUT2D eigenvalue weighted by atomic mass is 9.90. The van der Waals surface area contributed by atoms with Gasteiger partial charge in [0.15, 0.2) is 5.78 Å². The van der Waals surface area contributed by atoms with Gasteiger partial charge >= 0.3 is 0 Å². The number of Topliss-reactive ketones (excluding diaryl/α,β-unsaturated/α-hetero) is 1. The largest absolute Gasteiger partial charge is 0.497 e. The Labute approximate surface area is 119 Å². The first-order valence-corrected chi connectivity index (χ1v) is 6.75. The van der Waals surface area contributed by atoms with Crippen LogP contribution in [0.4, 0.5) is 0 Å². The first-order valence-electron chi connectivity index (χ1n) is 6.75. The van der Waals surface area contributed by atoms with Gasteiger partial charge in [-0.1, -0.05) is 18.7 Å². The minimum Gasteiger partial charge on any atom is -0.497 e. The lowest BCUT2D eigenvalue weighted by Gasteiger charge is -2.31. The number of amides is 1. The van der Waals surface area contributed by atoms with E-state index in [4.69, 9.17) is 4.74 Å². The minimum absolute atomic E-state index is 0.0745. The Kier molecular flexibility index (Phi) is 4.56. The molecule has 0 aliphatic carbocycles. The molecule has 1 heterocycles. The van der Waals surface area contributed by atoms with Crippen LogP contribution in [0.5, 0.6) is 5.75 Å². The van der Waals surface area contributed by atoms with Crippen LogP contribution in [0.3, 0.4) is 0 Å². The van der Waals surface area contributed by atoms with E-state index in [0.29, 0.717) is 24.4 Å². The number of piperidine rings is 1. The summed E-state index contributed by atoms with van der Waals surface area (Å²) in [5.74, 6) is 0.504. The normalized spacial score (nSPS) is 18.4. The molecule has 0 bridgehead atoms. The van der Waals surface area contributed by atoms with Gasteiger partial charge in [0.05, 0.1) is 7.11 Å². The predicted octanol–water partition coefficient (Wildman–Crippen LogP) is 2.30. The molecule has 0 saturated carbocycles. The van der Waals surface area contributed by atoms with Crippen LogP contribution in [-0.4, -0.2) is 36.8 Å². The van der Waals surface area contributed by atoms with Crippen LogP contribution < -0.4 is 4.74 Å². The fourth-order valence-corrected chi connectivity index (χ4v) is 2.53. The molecule has 1 unspecified atom stereocenters. The minimum atomic E-state index is -0.139. The van der Waals surface area contributed by atoms with Crippen molar-refractivity contribution in [2.75, 3.05) is 20.2 Å². The number of likely N-dealkylation sites (tertiary alicyclic amines) is 1. The van der Waals surface area contributed by atoms with Crippen molar-refractivity contribution < 1.29 is 14.3 Å². The van der Waals surface area contributed by atoms with E-state index < -0.39 is 0 Å². The van der Waals surface area contributed by atoms with Crippen molar-refractivity contribution in [2.24, 2.45) is 5.92 Å². The van der Waals surface area contributed by atoms with E-state index in [-0.39, 0.29) is 17.6 Å². The number of hydrogen-bond acceptors (Lipinski definition) is 3. The highest BCUT2D eigenvalue weighted by atomic mass is 16.5. The first kappa shape index (κ1) is 14.3. The van der Waals surface area contributed by atoms with Gasteiger partial charge in [0.2, 0.25) is 5.91 Å². The van der Waals surface area contributed by atoms with Crippen molar-refractivity contribution >= 4 is 11.7 Å². The second kappa shape index (κ2) is 6.37. The fraction of sp³-hybridized carbons (Fsp3) is 0.375. The molecule has 1 fully saturated rings. The summed E-state index contributed by atoms with van der Waals surface area (Å²) < 4.78 is 5.14. The van der Waals surface area contributed by atoms with Gasteiger partial charge in [-0.3, -0.25) is 9.59 Å². The molecule has 0 aromatic heterocycles. The number of methoxy groups -OCH3 is 1. The monoisotopic (exact) mass is 273 g/mol. The molecule has 1 aliphatic rings. The zero-order valence-electron chi connectivity index (χ0n) is 11.7. The molecule has 1 atom stereocenters. The topological polar surface area (TPSA) is 46.6 Å². The quantitative estimate of drug-likeness (QED) is 0.624. The third-order valence-electron chi connectivity index (χ3n) is 3.63. The van der Waals surface area contributed by atoms with E-state index in [1.807, 2.05) is 12.1 Å². The van der Waals surface area contributed by atoms with E-state index in [9.17, 15) is 9.59 Å². The Bertz CT molecular complexity index is 524. The van der Waals surface area contributed by atoms with Gasteiger partial charge in [-0.25, -0.2) is 0 Å². The molecule has 20 heavy (non-hydrogen) atoms. The summed E-state index contributed by atoms with van der Waals surface area (Å²) in [7, 11) is 1.58. The van der Waals surface area contributed by atoms with Gasteiger partial charge < -0.3 is 9.64 Å². The number of carbonyl (C=O) groups is 2. The number of hydrogen-bond donors (Lipinski definition) is 0. The van der Waals surface area contributed by atoms with Crippen LogP contribution >= 0.6 is 0 Å². The maximum atomic E-state index is 12.5. The number of nitrogens with zero attached hydrogens (tertiary/aromatic N) is 1. The van der Waals surface area contributed by atoms with Crippen molar-refractivity contribution in [1.29, 1.82) is 0 Å². The number of ketones is 1. The number of ether oxygens (including phenoxy) is 1. The summed E-state index contributed by atoms with van der Waals surface area (Å²) in [6, 6.07) is 7.16. The number of benzene rings is 1. The standard InChI is InChI=1S/C16H19NO3/c1-3-15(18)17-9-5-7-13(11-17)16(19)12-6-4-8-14(10-12)20-2/h3-4,6,8,10,13H,1,5,7,9,11H2,2H3. The smallest absolute Gasteiger partial charge is 0.245 e. The Morgan fingerprint density at radius 2 is 2.25 bits per heavy atom. The van der Waals surface area contributed by atoms with Crippen LogP contribution in [-0.2, 0) is 4.79 Å². The van der Waals surface area contributed by atoms with E-state index >= 15 is 0 Å². The molecule has 1 aromatic rings. The molecule has 1 aliphatic heterocycles. The van der Waals surface area contributed by atoms with Gasteiger partial charge in [0.1, 0.15) is 5.75 Å².